The van der Waals surface area contributed by atoms with Crippen LogP contribution in [0.1, 0.15) is 12.5 Å². The van der Waals surface area contributed by atoms with Crippen LogP contribution in [0.2, 0.25) is 10.0 Å². The third-order valence-corrected chi connectivity index (χ3v) is 3.76. The lowest BCUT2D eigenvalue weighted by atomic mass is 10.2. The highest BCUT2D eigenvalue weighted by atomic mass is 35.5. The summed E-state index contributed by atoms with van der Waals surface area (Å²) in [6, 6.07) is 10.3. The molecule has 1 N–H and O–H groups in total. The lowest BCUT2D eigenvalue weighted by Gasteiger charge is -2.16. The van der Waals surface area contributed by atoms with Crippen molar-refractivity contribution in [2.75, 3.05) is 12.4 Å². The SMILES string of the molecule is COc1ccc(NC(=O)[C@H](C)Oc2ccc(Cl)cc2C)cc1Cl. The number of methoxy groups -OCH3 is 1. The van der Waals surface area contributed by atoms with Crippen molar-refractivity contribution < 1.29 is 14.3 Å². The van der Waals surface area contributed by atoms with Crippen LogP contribution < -0.4 is 14.8 Å². The first-order chi connectivity index (χ1) is 10.9. The van der Waals surface area contributed by atoms with Gasteiger partial charge < -0.3 is 14.8 Å². The first kappa shape index (κ1) is 17.4. The smallest absolute Gasteiger partial charge is 0.265 e. The highest BCUT2D eigenvalue weighted by Gasteiger charge is 2.16. The number of amides is 1. The number of nitrogens with one attached hydrogen (secondary N) is 1. The largest absolute Gasteiger partial charge is 0.495 e. The van der Waals surface area contributed by atoms with Gasteiger partial charge in [-0.05, 0) is 55.8 Å². The molecule has 0 aromatic heterocycles. The van der Waals surface area contributed by atoms with E-state index in [1.165, 1.54) is 7.11 Å². The fourth-order valence-electron chi connectivity index (χ4n) is 1.98. The van der Waals surface area contributed by atoms with Crippen molar-refractivity contribution >= 4 is 34.8 Å². The van der Waals surface area contributed by atoms with E-state index in [0.29, 0.717) is 27.2 Å². The van der Waals surface area contributed by atoms with Crippen molar-refractivity contribution in [1.82, 2.24) is 0 Å². The predicted octanol–water partition coefficient (Wildman–Crippen LogP) is 4.72. The van der Waals surface area contributed by atoms with Crippen LogP contribution in [0.5, 0.6) is 11.5 Å². The van der Waals surface area contributed by atoms with Gasteiger partial charge in [0.2, 0.25) is 0 Å². The third kappa shape index (κ3) is 4.53. The number of hydrogen-bond acceptors (Lipinski definition) is 3. The topological polar surface area (TPSA) is 47.6 Å². The maximum atomic E-state index is 12.2. The number of hydrogen-bond donors (Lipinski definition) is 1. The number of carbonyl (C=O) groups is 1. The van der Waals surface area contributed by atoms with E-state index in [2.05, 4.69) is 5.32 Å². The zero-order valence-electron chi connectivity index (χ0n) is 13.0. The van der Waals surface area contributed by atoms with E-state index in [9.17, 15) is 4.79 Å². The quantitative estimate of drug-likeness (QED) is 0.845. The molecule has 0 fully saturated rings. The molecular weight excluding hydrogens is 337 g/mol. The molecule has 1 amide bonds. The number of anilines is 1. The molecule has 2 aromatic carbocycles. The number of carbonyl (C=O) groups excluding carboxylic acids is 1. The van der Waals surface area contributed by atoms with Crippen molar-refractivity contribution in [2.24, 2.45) is 0 Å². The third-order valence-electron chi connectivity index (χ3n) is 3.23. The van der Waals surface area contributed by atoms with Gasteiger partial charge in [-0.25, -0.2) is 0 Å². The molecular formula is C17H17Cl2NO3. The van der Waals surface area contributed by atoms with Crippen LogP contribution in [0.15, 0.2) is 36.4 Å². The second-order valence-electron chi connectivity index (χ2n) is 5.01. The summed E-state index contributed by atoms with van der Waals surface area (Å²) in [6.45, 7) is 3.55. The molecule has 0 unspecified atom stereocenters. The van der Waals surface area contributed by atoms with Crippen molar-refractivity contribution in [1.29, 1.82) is 0 Å². The van der Waals surface area contributed by atoms with Gasteiger partial charge in [0.25, 0.3) is 5.91 Å². The van der Waals surface area contributed by atoms with Crippen molar-refractivity contribution in [3.05, 3.63) is 52.0 Å². The van der Waals surface area contributed by atoms with Crippen LogP contribution in [0, 0.1) is 6.92 Å². The van der Waals surface area contributed by atoms with Crippen LogP contribution in [0.3, 0.4) is 0 Å². The molecule has 0 aliphatic heterocycles. The van der Waals surface area contributed by atoms with Crippen molar-refractivity contribution in [2.45, 2.75) is 20.0 Å². The Bertz CT molecular complexity index is 719. The number of aryl methyl sites for hydroxylation is 1. The summed E-state index contributed by atoms with van der Waals surface area (Å²) in [5.74, 6) is 0.885. The Labute approximate surface area is 145 Å². The molecule has 0 heterocycles. The molecule has 4 nitrogen and oxygen atoms in total. The molecule has 0 saturated carbocycles. The second kappa shape index (κ2) is 7.57. The maximum absolute atomic E-state index is 12.2. The van der Waals surface area contributed by atoms with E-state index in [-0.39, 0.29) is 5.91 Å². The van der Waals surface area contributed by atoms with Gasteiger partial charge in [-0.2, -0.15) is 0 Å². The summed E-state index contributed by atoms with van der Waals surface area (Å²) in [4.78, 5) is 12.2. The summed E-state index contributed by atoms with van der Waals surface area (Å²) >= 11 is 11.9. The highest BCUT2D eigenvalue weighted by Crippen LogP contribution is 2.27. The van der Waals surface area contributed by atoms with Gasteiger partial charge in [0.05, 0.1) is 12.1 Å². The van der Waals surface area contributed by atoms with Gasteiger partial charge in [0, 0.05) is 10.7 Å². The standard InChI is InChI=1S/C17H17Cl2NO3/c1-10-8-12(18)4-6-15(10)23-11(2)17(21)20-13-5-7-16(22-3)14(19)9-13/h4-9,11H,1-3H3,(H,20,21)/t11-/m0/s1. The average Bonchev–Trinajstić information content (AvgIpc) is 2.50. The van der Waals surface area contributed by atoms with Crippen LogP contribution in [-0.2, 0) is 4.79 Å². The van der Waals surface area contributed by atoms with E-state index in [0.717, 1.165) is 5.56 Å². The molecule has 0 bridgehead atoms. The van der Waals surface area contributed by atoms with Gasteiger partial charge in [-0.3, -0.25) is 4.79 Å². The molecule has 23 heavy (non-hydrogen) atoms. The van der Waals surface area contributed by atoms with E-state index in [4.69, 9.17) is 32.7 Å². The summed E-state index contributed by atoms with van der Waals surface area (Å²) in [6.07, 6.45) is -0.671. The second-order valence-corrected chi connectivity index (χ2v) is 5.85. The minimum Gasteiger partial charge on any atom is -0.495 e. The molecule has 122 valence electrons. The molecule has 6 heteroatoms. The summed E-state index contributed by atoms with van der Waals surface area (Å²) in [7, 11) is 1.53. The molecule has 2 rings (SSSR count). The molecule has 1 atom stereocenters. The molecule has 0 saturated heterocycles. The Morgan fingerprint density at radius 3 is 2.43 bits per heavy atom. The highest BCUT2D eigenvalue weighted by molar-refractivity contribution is 6.32. The lowest BCUT2D eigenvalue weighted by Crippen LogP contribution is -2.30. The van der Waals surface area contributed by atoms with E-state index in [1.54, 1.807) is 43.3 Å². The molecule has 0 aliphatic rings. The molecule has 0 radical (unpaired) electrons. The summed E-state index contributed by atoms with van der Waals surface area (Å²) < 4.78 is 10.8. The Morgan fingerprint density at radius 2 is 1.83 bits per heavy atom. The van der Waals surface area contributed by atoms with E-state index in [1.807, 2.05) is 6.92 Å². The number of ether oxygens (including phenoxy) is 2. The van der Waals surface area contributed by atoms with Gasteiger partial charge in [-0.15, -0.1) is 0 Å². The molecule has 0 spiro atoms. The van der Waals surface area contributed by atoms with Gasteiger partial charge in [0.15, 0.2) is 6.10 Å². The van der Waals surface area contributed by atoms with Gasteiger partial charge in [0.1, 0.15) is 11.5 Å². The number of halogens is 2. The van der Waals surface area contributed by atoms with Crippen molar-refractivity contribution in [3.8, 4) is 11.5 Å². The fraction of sp³-hybridized carbons (Fsp3) is 0.235. The normalized spacial score (nSPS) is 11.7. The van der Waals surface area contributed by atoms with E-state index < -0.39 is 6.10 Å². The zero-order valence-corrected chi connectivity index (χ0v) is 14.5. The van der Waals surface area contributed by atoms with Crippen LogP contribution in [0.4, 0.5) is 5.69 Å². The van der Waals surface area contributed by atoms with Gasteiger partial charge >= 0.3 is 0 Å². The fourth-order valence-corrected chi connectivity index (χ4v) is 2.46. The number of benzene rings is 2. The average molecular weight is 354 g/mol. The maximum Gasteiger partial charge on any atom is 0.265 e. The summed E-state index contributed by atoms with van der Waals surface area (Å²) in [5, 5.41) is 3.80. The van der Waals surface area contributed by atoms with Crippen LogP contribution in [-0.4, -0.2) is 19.1 Å². The van der Waals surface area contributed by atoms with E-state index >= 15 is 0 Å². The Kier molecular flexibility index (Phi) is 5.74. The molecule has 2 aromatic rings. The van der Waals surface area contributed by atoms with Crippen molar-refractivity contribution in [3.63, 3.8) is 0 Å². The minimum atomic E-state index is -0.671. The Balaban J connectivity index is 2.03. The Morgan fingerprint density at radius 1 is 1.13 bits per heavy atom. The van der Waals surface area contributed by atoms with Crippen LogP contribution in [0.25, 0.3) is 0 Å². The monoisotopic (exact) mass is 353 g/mol. The van der Waals surface area contributed by atoms with Crippen LogP contribution >= 0.6 is 23.2 Å². The predicted molar refractivity (Wildman–Crippen MR) is 92.9 cm³/mol. The lowest BCUT2D eigenvalue weighted by molar-refractivity contribution is -0.122. The molecule has 0 aliphatic carbocycles. The number of rotatable bonds is 5. The van der Waals surface area contributed by atoms with Gasteiger partial charge in [-0.1, -0.05) is 23.2 Å². The first-order valence-corrected chi connectivity index (χ1v) is 7.73. The Hall–Kier alpha value is -1.91. The minimum absolute atomic E-state index is 0.277. The first-order valence-electron chi connectivity index (χ1n) is 6.98. The summed E-state index contributed by atoms with van der Waals surface area (Å²) in [5.41, 5.74) is 1.44. The zero-order chi connectivity index (χ0) is 17.0.